The van der Waals surface area contributed by atoms with Crippen molar-refractivity contribution in [1.82, 2.24) is 20.6 Å². The van der Waals surface area contributed by atoms with Gasteiger partial charge in [0.15, 0.2) is 5.96 Å². The summed E-state index contributed by atoms with van der Waals surface area (Å²) in [7, 11) is 1.78. The lowest BCUT2D eigenvalue weighted by molar-refractivity contribution is 0.0646. The lowest BCUT2D eigenvalue weighted by atomic mass is 10.1. The predicted octanol–water partition coefficient (Wildman–Crippen LogP) is 4.06. The molecule has 29 heavy (non-hydrogen) atoms. The zero-order valence-electron chi connectivity index (χ0n) is 17.0. The first kappa shape index (κ1) is 23.2. The number of ether oxygens (including phenoxy) is 1. The lowest BCUT2D eigenvalue weighted by Gasteiger charge is -2.14. The largest absolute Gasteiger partial charge is 0.374 e. The predicted molar refractivity (Wildman–Crippen MR) is 130 cm³/mol. The van der Waals surface area contributed by atoms with Gasteiger partial charge in [0.1, 0.15) is 5.82 Å². The van der Waals surface area contributed by atoms with E-state index in [1.165, 1.54) is 5.56 Å². The van der Waals surface area contributed by atoms with Crippen molar-refractivity contribution >= 4 is 41.0 Å². The number of aliphatic imine (C=N–C) groups is 1. The highest BCUT2D eigenvalue weighted by Gasteiger charge is 2.05. The van der Waals surface area contributed by atoms with Crippen LogP contribution in [0.5, 0.6) is 0 Å². The van der Waals surface area contributed by atoms with E-state index in [4.69, 9.17) is 4.74 Å². The van der Waals surface area contributed by atoms with Crippen LogP contribution in [0.3, 0.4) is 0 Å². The maximum absolute atomic E-state index is 5.90. The molecule has 0 aliphatic carbocycles. The van der Waals surface area contributed by atoms with Crippen LogP contribution >= 0.6 is 24.0 Å². The molecule has 1 atom stereocenters. The van der Waals surface area contributed by atoms with Crippen LogP contribution in [0.1, 0.15) is 30.8 Å². The van der Waals surface area contributed by atoms with Crippen LogP contribution in [-0.4, -0.2) is 42.7 Å². The summed E-state index contributed by atoms with van der Waals surface area (Å²) in [5.41, 5.74) is 3.29. The Bertz CT molecular complexity index is 848. The van der Waals surface area contributed by atoms with Gasteiger partial charge in [-0.25, -0.2) is 4.98 Å². The number of rotatable bonds is 9. The van der Waals surface area contributed by atoms with Crippen LogP contribution in [0, 0.1) is 0 Å². The first-order valence-electron chi connectivity index (χ1n) is 9.81. The van der Waals surface area contributed by atoms with Gasteiger partial charge >= 0.3 is 0 Å². The number of nitrogens with zero attached hydrogens (tertiary/aromatic N) is 2. The molecule has 1 unspecified atom stereocenters. The molecule has 0 spiro atoms. The number of nitrogens with one attached hydrogen (secondary N) is 3. The number of halogens is 1. The van der Waals surface area contributed by atoms with Crippen molar-refractivity contribution in [1.29, 1.82) is 0 Å². The van der Waals surface area contributed by atoms with Gasteiger partial charge in [0, 0.05) is 33.2 Å². The molecule has 0 radical (unpaired) electrons. The van der Waals surface area contributed by atoms with Crippen LogP contribution in [0.25, 0.3) is 11.0 Å². The van der Waals surface area contributed by atoms with Gasteiger partial charge in [-0.1, -0.05) is 42.5 Å². The van der Waals surface area contributed by atoms with E-state index in [2.05, 4.69) is 44.7 Å². The molecule has 0 saturated carbocycles. The second-order valence-corrected chi connectivity index (χ2v) is 6.65. The summed E-state index contributed by atoms with van der Waals surface area (Å²) < 4.78 is 5.90. The highest BCUT2D eigenvalue weighted by Crippen LogP contribution is 2.15. The Hall–Kier alpha value is -2.13. The molecule has 7 heteroatoms. The van der Waals surface area contributed by atoms with Crippen molar-refractivity contribution in [2.75, 3.05) is 26.7 Å². The van der Waals surface area contributed by atoms with Gasteiger partial charge < -0.3 is 20.4 Å². The topological polar surface area (TPSA) is 74.3 Å². The molecule has 0 aliphatic heterocycles. The second kappa shape index (κ2) is 12.4. The SMILES string of the molecule is CN=C(NCCCOC(C)c1ccccc1)NCCc1nc2ccccc2[nH]1.I. The minimum atomic E-state index is 0. The number of benzene rings is 2. The van der Waals surface area contributed by atoms with Crippen molar-refractivity contribution in [3.63, 3.8) is 0 Å². The number of H-pyrrole nitrogens is 1. The average molecular weight is 507 g/mol. The Morgan fingerprint density at radius 2 is 1.79 bits per heavy atom. The molecule has 3 rings (SSSR count). The van der Waals surface area contributed by atoms with E-state index in [0.29, 0.717) is 6.61 Å². The maximum Gasteiger partial charge on any atom is 0.190 e. The van der Waals surface area contributed by atoms with E-state index in [0.717, 1.165) is 48.7 Å². The van der Waals surface area contributed by atoms with Crippen molar-refractivity contribution in [3.05, 3.63) is 66.0 Å². The van der Waals surface area contributed by atoms with E-state index in [9.17, 15) is 0 Å². The van der Waals surface area contributed by atoms with Gasteiger partial charge in [-0.2, -0.15) is 0 Å². The normalized spacial score (nSPS) is 12.4. The van der Waals surface area contributed by atoms with Gasteiger partial charge in [-0.05, 0) is 31.0 Å². The summed E-state index contributed by atoms with van der Waals surface area (Å²) in [5, 5.41) is 6.65. The van der Waals surface area contributed by atoms with Crippen LogP contribution in [0.15, 0.2) is 59.6 Å². The summed E-state index contributed by atoms with van der Waals surface area (Å²) in [6.07, 6.45) is 1.84. The smallest absolute Gasteiger partial charge is 0.190 e. The third-order valence-corrected chi connectivity index (χ3v) is 4.57. The van der Waals surface area contributed by atoms with Gasteiger partial charge in [0.25, 0.3) is 0 Å². The van der Waals surface area contributed by atoms with Crippen molar-refractivity contribution in [2.45, 2.75) is 25.9 Å². The molecule has 0 aliphatic rings. The highest BCUT2D eigenvalue weighted by molar-refractivity contribution is 14.0. The van der Waals surface area contributed by atoms with Crippen molar-refractivity contribution in [3.8, 4) is 0 Å². The lowest BCUT2D eigenvalue weighted by Crippen LogP contribution is -2.39. The molecule has 6 nitrogen and oxygen atoms in total. The molecule has 0 bridgehead atoms. The number of aromatic nitrogens is 2. The zero-order chi connectivity index (χ0) is 19.6. The van der Waals surface area contributed by atoms with E-state index in [-0.39, 0.29) is 30.1 Å². The Morgan fingerprint density at radius 3 is 2.55 bits per heavy atom. The number of hydrogen-bond donors (Lipinski definition) is 3. The first-order chi connectivity index (χ1) is 13.8. The fraction of sp³-hybridized carbons (Fsp3) is 0.364. The summed E-state index contributed by atoms with van der Waals surface area (Å²) >= 11 is 0. The molecular weight excluding hydrogens is 477 g/mol. The average Bonchev–Trinajstić information content (AvgIpc) is 3.15. The number of fused-ring (bicyclic) bond motifs is 1. The quantitative estimate of drug-likeness (QED) is 0.177. The minimum absolute atomic E-state index is 0. The fourth-order valence-electron chi connectivity index (χ4n) is 3.00. The second-order valence-electron chi connectivity index (χ2n) is 6.65. The third-order valence-electron chi connectivity index (χ3n) is 4.57. The monoisotopic (exact) mass is 507 g/mol. The summed E-state index contributed by atoms with van der Waals surface area (Å²) in [5.74, 6) is 1.78. The molecule has 156 valence electrons. The van der Waals surface area contributed by atoms with Crippen LogP contribution in [-0.2, 0) is 11.2 Å². The molecule has 0 amide bonds. The Morgan fingerprint density at radius 1 is 1.07 bits per heavy atom. The Labute approximate surface area is 189 Å². The maximum atomic E-state index is 5.90. The number of para-hydroxylation sites is 2. The Kier molecular flexibility index (Phi) is 9.93. The number of imidazole rings is 1. The highest BCUT2D eigenvalue weighted by atomic mass is 127. The third kappa shape index (κ3) is 7.32. The molecular formula is C22H30IN5O. The molecule has 3 aromatic rings. The molecule has 3 N–H and O–H groups in total. The van der Waals surface area contributed by atoms with Crippen molar-refractivity contribution in [2.24, 2.45) is 4.99 Å². The van der Waals surface area contributed by atoms with Gasteiger partial charge in [0.05, 0.1) is 17.1 Å². The van der Waals surface area contributed by atoms with Crippen LogP contribution < -0.4 is 10.6 Å². The van der Waals surface area contributed by atoms with E-state index < -0.39 is 0 Å². The first-order valence-corrected chi connectivity index (χ1v) is 9.81. The molecule has 0 saturated heterocycles. The molecule has 0 fully saturated rings. The standard InChI is InChI=1S/C22H29N5O.HI/c1-17(18-9-4-3-5-10-18)28-16-8-14-24-22(23-2)25-15-13-21-26-19-11-6-7-12-20(19)27-21;/h3-7,9-12,17H,8,13-16H2,1-2H3,(H,26,27)(H2,23,24,25);1H. The Balaban J connectivity index is 0.00000300. The van der Waals surface area contributed by atoms with Gasteiger partial charge in [0.2, 0.25) is 0 Å². The van der Waals surface area contributed by atoms with Crippen LogP contribution in [0.4, 0.5) is 0 Å². The summed E-state index contributed by atoms with van der Waals surface area (Å²) in [6.45, 7) is 4.37. The molecule has 1 aromatic heterocycles. The minimum Gasteiger partial charge on any atom is -0.374 e. The molecule has 2 aromatic carbocycles. The van der Waals surface area contributed by atoms with Gasteiger partial charge in [-0.15, -0.1) is 24.0 Å². The summed E-state index contributed by atoms with van der Waals surface area (Å²) in [4.78, 5) is 12.2. The van der Waals surface area contributed by atoms with Crippen molar-refractivity contribution < 1.29 is 4.74 Å². The van der Waals surface area contributed by atoms with Gasteiger partial charge in [-0.3, -0.25) is 4.99 Å². The van der Waals surface area contributed by atoms with E-state index >= 15 is 0 Å². The fourth-order valence-corrected chi connectivity index (χ4v) is 3.00. The zero-order valence-corrected chi connectivity index (χ0v) is 19.4. The number of hydrogen-bond acceptors (Lipinski definition) is 3. The van der Waals surface area contributed by atoms with Crippen LogP contribution in [0.2, 0.25) is 0 Å². The summed E-state index contributed by atoms with van der Waals surface area (Å²) in [6, 6.07) is 18.4. The molecule has 1 heterocycles. The number of aromatic amines is 1. The van der Waals surface area contributed by atoms with E-state index in [1.54, 1.807) is 7.05 Å². The number of guanidine groups is 1. The van der Waals surface area contributed by atoms with E-state index in [1.807, 2.05) is 42.5 Å².